The lowest BCUT2D eigenvalue weighted by Crippen LogP contribution is -2.37. The van der Waals surface area contributed by atoms with Crippen molar-refractivity contribution in [3.05, 3.63) is 36.3 Å². The van der Waals surface area contributed by atoms with Crippen LogP contribution in [0.25, 0.3) is 11.3 Å². The van der Waals surface area contributed by atoms with E-state index in [0.29, 0.717) is 5.69 Å². The van der Waals surface area contributed by atoms with Gasteiger partial charge >= 0.3 is 6.18 Å². The molecule has 2 aromatic rings. The summed E-state index contributed by atoms with van der Waals surface area (Å²) in [7, 11) is 0. The fraction of sp³-hybridized carbons (Fsp3) is 0.400. The first-order chi connectivity index (χ1) is 11.4. The standard InChI is InChI=1S/C15H16F3N5O/c16-15(17,18)12-8-23(7-11(12)14(19)24)6-10-5-21-22-13(10)9-2-1-3-20-4-9/h1-5,11-12H,6-8H2,(H2,19,24)(H,21,22)/t11-,12-/m1/s1. The lowest BCUT2D eigenvalue weighted by Gasteiger charge is -2.18. The van der Waals surface area contributed by atoms with Crippen LogP contribution >= 0.6 is 0 Å². The molecule has 0 radical (unpaired) electrons. The van der Waals surface area contributed by atoms with Crippen molar-refractivity contribution in [3.63, 3.8) is 0 Å². The number of aromatic amines is 1. The maximum absolute atomic E-state index is 13.1. The minimum Gasteiger partial charge on any atom is -0.369 e. The zero-order chi connectivity index (χ0) is 17.3. The van der Waals surface area contributed by atoms with Crippen LogP contribution in [0.1, 0.15) is 5.56 Å². The highest BCUT2D eigenvalue weighted by atomic mass is 19.4. The number of amides is 1. The van der Waals surface area contributed by atoms with Gasteiger partial charge in [-0.05, 0) is 12.1 Å². The van der Waals surface area contributed by atoms with Gasteiger partial charge in [-0.15, -0.1) is 0 Å². The van der Waals surface area contributed by atoms with Crippen molar-refractivity contribution in [3.8, 4) is 11.3 Å². The Hall–Kier alpha value is -2.42. The fourth-order valence-corrected chi connectivity index (χ4v) is 3.07. The number of halogens is 3. The van der Waals surface area contributed by atoms with Gasteiger partial charge in [-0.25, -0.2) is 0 Å². The van der Waals surface area contributed by atoms with Crippen LogP contribution < -0.4 is 5.73 Å². The smallest absolute Gasteiger partial charge is 0.369 e. The quantitative estimate of drug-likeness (QED) is 0.885. The second-order valence-corrected chi connectivity index (χ2v) is 5.86. The number of nitrogens with zero attached hydrogens (tertiary/aromatic N) is 3. The van der Waals surface area contributed by atoms with Crippen LogP contribution in [-0.4, -0.2) is 45.3 Å². The van der Waals surface area contributed by atoms with Crippen LogP contribution in [0.5, 0.6) is 0 Å². The summed E-state index contributed by atoms with van der Waals surface area (Å²) in [6.07, 6.45) is 0.399. The van der Waals surface area contributed by atoms with E-state index >= 15 is 0 Å². The van der Waals surface area contributed by atoms with Crippen LogP contribution in [-0.2, 0) is 11.3 Å². The van der Waals surface area contributed by atoms with Crippen molar-refractivity contribution < 1.29 is 18.0 Å². The Bertz CT molecular complexity index is 715. The van der Waals surface area contributed by atoms with Crippen LogP contribution in [0.3, 0.4) is 0 Å². The first-order valence-corrected chi connectivity index (χ1v) is 7.37. The molecule has 3 rings (SSSR count). The third-order valence-electron chi connectivity index (χ3n) is 4.24. The van der Waals surface area contributed by atoms with E-state index in [4.69, 9.17) is 5.73 Å². The Morgan fingerprint density at radius 3 is 2.75 bits per heavy atom. The predicted molar refractivity (Wildman–Crippen MR) is 79.3 cm³/mol. The van der Waals surface area contributed by atoms with Crippen LogP contribution in [0, 0.1) is 11.8 Å². The highest BCUT2D eigenvalue weighted by Crippen LogP contribution is 2.38. The minimum absolute atomic E-state index is 0.0167. The Morgan fingerprint density at radius 1 is 1.38 bits per heavy atom. The molecule has 2 aromatic heterocycles. The predicted octanol–water partition coefficient (Wildman–Crippen LogP) is 1.57. The van der Waals surface area contributed by atoms with Crippen LogP contribution in [0.4, 0.5) is 13.2 Å². The number of hydrogen-bond acceptors (Lipinski definition) is 4. The summed E-state index contributed by atoms with van der Waals surface area (Å²) in [6, 6.07) is 3.59. The number of H-pyrrole nitrogens is 1. The highest BCUT2D eigenvalue weighted by Gasteiger charge is 2.51. The van der Waals surface area contributed by atoms with Gasteiger partial charge < -0.3 is 5.73 Å². The number of nitrogens with one attached hydrogen (secondary N) is 1. The maximum atomic E-state index is 13.1. The molecule has 6 nitrogen and oxygen atoms in total. The number of hydrogen-bond donors (Lipinski definition) is 2. The molecule has 1 aliphatic rings. The number of carbonyl (C=O) groups excluding carboxylic acids is 1. The van der Waals surface area contributed by atoms with Crippen molar-refractivity contribution in [1.82, 2.24) is 20.1 Å². The zero-order valence-corrected chi connectivity index (χ0v) is 12.6. The first kappa shape index (κ1) is 16.4. The summed E-state index contributed by atoms with van der Waals surface area (Å²) < 4.78 is 39.3. The van der Waals surface area contributed by atoms with Crippen molar-refractivity contribution in [2.45, 2.75) is 12.7 Å². The monoisotopic (exact) mass is 339 g/mol. The summed E-state index contributed by atoms with van der Waals surface area (Å²) in [5.74, 6) is -3.87. The molecule has 24 heavy (non-hydrogen) atoms. The molecule has 3 N–H and O–H groups in total. The van der Waals surface area contributed by atoms with E-state index in [-0.39, 0.29) is 19.6 Å². The molecule has 1 aliphatic heterocycles. The first-order valence-electron chi connectivity index (χ1n) is 7.37. The molecule has 1 fully saturated rings. The third kappa shape index (κ3) is 3.25. The molecule has 0 aliphatic carbocycles. The second kappa shape index (κ2) is 6.23. The molecule has 2 atom stereocenters. The molecule has 128 valence electrons. The number of carbonyl (C=O) groups is 1. The second-order valence-electron chi connectivity index (χ2n) is 5.86. The van der Waals surface area contributed by atoms with E-state index in [1.807, 2.05) is 6.07 Å². The molecule has 1 saturated heterocycles. The molecule has 3 heterocycles. The molecular weight excluding hydrogens is 323 g/mol. The molecule has 1 amide bonds. The largest absolute Gasteiger partial charge is 0.393 e. The molecule has 0 unspecified atom stereocenters. The molecule has 9 heteroatoms. The van der Waals surface area contributed by atoms with E-state index in [9.17, 15) is 18.0 Å². The Morgan fingerprint density at radius 2 is 2.17 bits per heavy atom. The van der Waals surface area contributed by atoms with E-state index in [1.165, 1.54) is 0 Å². The van der Waals surface area contributed by atoms with Gasteiger partial charge in [-0.3, -0.25) is 19.8 Å². The van der Waals surface area contributed by atoms with Gasteiger partial charge in [0.15, 0.2) is 0 Å². The Labute approximate surface area is 135 Å². The van der Waals surface area contributed by atoms with E-state index < -0.39 is 23.9 Å². The van der Waals surface area contributed by atoms with Crippen molar-refractivity contribution in [2.75, 3.05) is 13.1 Å². The normalized spacial score (nSPS) is 22.0. The molecule has 0 spiro atoms. The van der Waals surface area contributed by atoms with Gasteiger partial charge in [0, 0.05) is 43.2 Å². The SMILES string of the molecule is NC(=O)[C@@H]1CN(Cc2cn[nH]c2-c2cccnc2)C[C@H]1C(F)(F)F. The van der Waals surface area contributed by atoms with Crippen molar-refractivity contribution in [2.24, 2.45) is 17.6 Å². The third-order valence-corrected chi connectivity index (χ3v) is 4.24. The van der Waals surface area contributed by atoms with E-state index in [0.717, 1.165) is 11.1 Å². The summed E-state index contributed by atoms with van der Waals surface area (Å²) in [5.41, 5.74) is 7.39. The number of aromatic nitrogens is 3. The summed E-state index contributed by atoms with van der Waals surface area (Å²) in [4.78, 5) is 17.0. The molecular formula is C15H16F3N5O. The lowest BCUT2D eigenvalue weighted by atomic mass is 9.95. The number of likely N-dealkylation sites (tertiary alicyclic amines) is 1. The van der Waals surface area contributed by atoms with Gasteiger partial charge in [-0.1, -0.05) is 0 Å². The van der Waals surface area contributed by atoms with E-state index in [1.54, 1.807) is 29.6 Å². The maximum Gasteiger partial charge on any atom is 0.393 e. The van der Waals surface area contributed by atoms with Gasteiger partial charge in [-0.2, -0.15) is 18.3 Å². The number of rotatable bonds is 4. The van der Waals surface area contributed by atoms with Crippen molar-refractivity contribution >= 4 is 5.91 Å². The number of primary amides is 1. The molecule has 0 saturated carbocycles. The topological polar surface area (TPSA) is 87.9 Å². The number of nitrogens with two attached hydrogens (primary N) is 1. The lowest BCUT2D eigenvalue weighted by molar-refractivity contribution is -0.182. The number of alkyl halides is 3. The fourth-order valence-electron chi connectivity index (χ4n) is 3.07. The van der Waals surface area contributed by atoms with Gasteiger partial charge in [0.2, 0.25) is 5.91 Å². The van der Waals surface area contributed by atoms with Crippen molar-refractivity contribution in [1.29, 1.82) is 0 Å². The zero-order valence-electron chi connectivity index (χ0n) is 12.6. The molecule has 0 aromatic carbocycles. The van der Waals surface area contributed by atoms with Gasteiger partial charge in [0.1, 0.15) is 0 Å². The Balaban J connectivity index is 1.79. The van der Waals surface area contributed by atoms with E-state index in [2.05, 4.69) is 15.2 Å². The summed E-state index contributed by atoms with van der Waals surface area (Å²) in [6.45, 7) is -0.0248. The Kier molecular flexibility index (Phi) is 4.27. The van der Waals surface area contributed by atoms with Gasteiger partial charge in [0.05, 0.1) is 23.7 Å². The minimum atomic E-state index is -4.45. The number of pyridine rings is 1. The average molecular weight is 339 g/mol. The molecule has 0 bridgehead atoms. The van der Waals surface area contributed by atoms with Crippen LogP contribution in [0.2, 0.25) is 0 Å². The summed E-state index contributed by atoms with van der Waals surface area (Å²) >= 11 is 0. The highest BCUT2D eigenvalue weighted by molar-refractivity contribution is 5.77. The summed E-state index contributed by atoms with van der Waals surface area (Å²) in [5, 5.41) is 6.81. The van der Waals surface area contributed by atoms with Gasteiger partial charge in [0.25, 0.3) is 0 Å². The average Bonchev–Trinajstić information content (AvgIpc) is 3.15. The van der Waals surface area contributed by atoms with Crippen LogP contribution in [0.15, 0.2) is 30.7 Å².